The SMILES string of the molecule is CCCCn1cc(C)nc1N(CC)CCN. The molecule has 0 aliphatic heterocycles. The molecule has 0 amide bonds. The average Bonchev–Trinajstić information content (AvgIpc) is 2.64. The van der Waals surface area contributed by atoms with Crippen LogP contribution in [-0.4, -0.2) is 29.2 Å². The summed E-state index contributed by atoms with van der Waals surface area (Å²) in [4.78, 5) is 6.83. The lowest BCUT2D eigenvalue weighted by Gasteiger charge is -2.22. The van der Waals surface area contributed by atoms with Crippen LogP contribution in [-0.2, 0) is 6.54 Å². The van der Waals surface area contributed by atoms with Crippen LogP contribution >= 0.6 is 0 Å². The monoisotopic (exact) mass is 224 g/mol. The van der Waals surface area contributed by atoms with Gasteiger partial charge in [0.2, 0.25) is 5.95 Å². The second-order valence-electron chi connectivity index (χ2n) is 4.10. The van der Waals surface area contributed by atoms with Gasteiger partial charge in [-0.3, -0.25) is 0 Å². The molecule has 0 radical (unpaired) electrons. The third-order valence-corrected chi connectivity index (χ3v) is 2.69. The number of hydrogen-bond acceptors (Lipinski definition) is 3. The highest BCUT2D eigenvalue weighted by Crippen LogP contribution is 2.14. The zero-order valence-corrected chi connectivity index (χ0v) is 10.7. The Morgan fingerprint density at radius 1 is 1.44 bits per heavy atom. The summed E-state index contributed by atoms with van der Waals surface area (Å²) in [5.41, 5.74) is 6.71. The molecule has 1 aromatic heterocycles. The molecule has 0 saturated heterocycles. The van der Waals surface area contributed by atoms with Crippen LogP contribution in [0.1, 0.15) is 32.4 Å². The summed E-state index contributed by atoms with van der Waals surface area (Å²) in [6.07, 6.45) is 4.53. The lowest BCUT2D eigenvalue weighted by molar-refractivity contribution is 0.616. The van der Waals surface area contributed by atoms with Crippen molar-refractivity contribution in [2.75, 3.05) is 24.5 Å². The summed E-state index contributed by atoms with van der Waals surface area (Å²) < 4.78 is 2.25. The van der Waals surface area contributed by atoms with Crippen LogP contribution in [0.15, 0.2) is 6.20 Å². The number of rotatable bonds is 7. The van der Waals surface area contributed by atoms with Crippen molar-refractivity contribution in [3.05, 3.63) is 11.9 Å². The fourth-order valence-electron chi connectivity index (χ4n) is 1.83. The maximum absolute atomic E-state index is 5.62. The molecule has 1 aromatic rings. The Bertz CT molecular complexity index is 306. The number of hydrogen-bond donors (Lipinski definition) is 1. The van der Waals surface area contributed by atoms with E-state index in [1.54, 1.807) is 0 Å². The molecule has 92 valence electrons. The van der Waals surface area contributed by atoms with E-state index in [0.29, 0.717) is 6.54 Å². The highest BCUT2D eigenvalue weighted by atomic mass is 15.3. The molecule has 4 heteroatoms. The van der Waals surface area contributed by atoms with Crippen molar-refractivity contribution < 1.29 is 0 Å². The van der Waals surface area contributed by atoms with E-state index in [4.69, 9.17) is 5.73 Å². The summed E-state index contributed by atoms with van der Waals surface area (Å²) in [5, 5.41) is 0. The van der Waals surface area contributed by atoms with Crippen LogP contribution in [0.3, 0.4) is 0 Å². The maximum atomic E-state index is 5.62. The minimum absolute atomic E-state index is 0.674. The van der Waals surface area contributed by atoms with Crippen LogP contribution in [0.5, 0.6) is 0 Å². The van der Waals surface area contributed by atoms with Crippen molar-refractivity contribution >= 4 is 5.95 Å². The number of anilines is 1. The first kappa shape index (κ1) is 13.0. The lowest BCUT2D eigenvalue weighted by Crippen LogP contribution is -2.31. The fourth-order valence-corrected chi connectivity index (χ4v) is 1.83. The summed E-state index contributed by atoms with van der Waals surface area (Å²) in [6, 6.07) is 0. The number of aromatic nitrogens is 2. The lowest BCUT2D eigenvalue weighted by atomic mass is 10.3. The predicted molar refractivity (Wildman–Crippen MR) is 68.8 cm³/mol. The van der Waals surface area contributed by atoms with Gasteiger partial charge in [-0.2, -0.15) is 0 Å². The minimum Gasteiger partial charge on any atom is -0.341 e. The van der Waals surface area contributed by atoms with E-state index < -0.39 is 0 Å². The molecule has 0 spiro atoms. The number of aryl methyl sites for hydroxylation is 2. The Morgan fingerprint density at radius 3 is 2.75 bits per heavy atom. The summed E-state index contributed by atoms with van der Waals surface area (Å²) in [5.74, 6) is 1.07. The maximum Gasteiger partial charge on any atom is 0.205 e. The molecule has 0 unspecified atom stereocenters. The quantitative estimate of drug-likeness (QED) is 0.768. The van der Waals surface area contributed by atoms with Crippen molar-refractivity contribution in [3.8, 4) is 0 Å². The number of likely N-dealkylation sites (N-methyl/N-ethyl adjacent to an activating group) is 1. The van der Waals surface area contributed by atoms with Crippen LogP contribution in [0.4, 0.5) is 5.95 Å². The highest BCUT2D eigenvalue weighted by molar-refractivity contribution is 5.33. The standard InChI is InChI=1S/C12H24N4/c1-4-6-8-16-10-11(3)14-12(16)15(5-2)9-7-13/h10H,4-9,13H2,1-3H3. The van der Waals surface area contributed by atoms with Crippen molar-refractivity contribution in [2.45, 2.75) is 40.2 Å². The van der Waals surface area contributed by atoms with Gasteiger partial charge in [0.05, 0.1) is 5.69 Å². The van der Waals surface area contributed by atoms with E-state index in [1.165, 1.54) is 12.8 Å². The molecule has 1 rings (SSSR count). The average molecular weight is 224 g/mol. The molecule has 0 fully saturated rings. The topological polar surface area (TPSA) is 47.1 Å². The first-order valence-corrected chi connectivity index (χ1v) is 6.21. The number of unbranched alkanes of at least 4 members (excludes halogenated alkanes) is 1. The van der Waals surface area contributed by atoms with Crippen LogP contribution in [0, 0.1) is 6.92 Å². The van der Waals surface area contributed by atoms with E-state index in [-0.39, 0.29) is 0 Å². The van der Waals surface area contributed by atoms with Gasteiger partial charge in [-0.15, -0.1) is 0 Å². The molecular formula is C12H24N4. The van der Waals surface area contributed by atoms with E-state index in [0.717, 1.165) is 31.3 Å². The van der Waals surface area contributed by atoms with Gasteiger partial charge in [0.1, 0.15) is 0 Å². The zero-order chi connectivity index (χ0) is 12.0. The van der Waals surface area contributed by atoms with Crippen molar-refractivity contribution in [2.24, 2.45) is 5.73 Å². The van der Waals surface area contributed by atoms with Crippen molar-refractivity contribution in [3.63, 3.8) is 0 Å². The fraction of sp³-hybridized carbons (Fsp3) is 0.750. The predicted octanol–water partition coefficient (Wildman–Crippen LogP) is 1.78. The van der Waals surface area contributed by atoms with Crippen molar-refractivity contribution in [1.82, 2.24) is 9.55 Å². The van der Waals surface area contributed by atoms with E-state index in [2.05, 4.69) is 34.5 Å². The van der Waals surface area contributed by atoms with Crippen LogP contribution < -0.4 is 10.6 Å². The van der Waals surface area contributed by atoms with Gasteiger partial charge in [-0.25, -0.2) is 4.98 Å². The van der Waals surface area contributed by atoms with Gasteiger partial charge in [0.25, 0.3) is 0 Å². The first-order valence-electron chi connectivity index (χ1n) is 6.21. The second kappa shape index (κ2) is 6.53. The number of imidazole rings is 1. The Labute approximate surface area is 98.5 Å². The van der Waals surface area contributed by atoms with Gasteiger partial charge in [-0.05, 0) is 20.3 Å². The summed E-state index contributed by atoms with van der Waals surface area (Å²) >= 11 is 0. The minimum atomic E-state index is 0.674. The smallest absolute Gasteiger partial charge is 0.205 e. The molecule has 2 N–H and O–H groups in total. The molecular weight excluding hydrogens is 200 g/mol. The Hall–Kier alpha value is -1.03. The summed E-state index contributed by atoms with van der Waals surface area (Å²) in [7, 11) is 0. The Morgan fingerprint density at radius 2 is 2.19 bits per heavy atom. The third-order valence-electron chi connectivity index (χ3n) is 2.69. The zero-order valence-electron chi connectivity index (χ0n) is 10.7. The molecule has 0 aromatic carbocycles. The molecule has 16 heavy (non-hydrogen) atoms. The molecule has 0 bridgehead atoms. The Kier molecular flexibility index (Phi) is 5.32. The Balaban J connectivity index is 2.82. The third kappa shape index (κ3) is 3.23. The summed E-state index contributed by atoms with van der Waals surface area (Å²) in [6.45, 7) is 9.95. The van der Waals surface area contributed by atoms with Crippen LogP contribution in [0.25, 0.3) is 0 Å². The molecule has 0 aliphatic rings. The molecule has 1 heterocycles. The largest absolute Gasteiger partial charge is 0.341 e. The van der Waals surface area contributed by atoms with Gasteiger partial charge >= 0.3 is 0 Å². The van der Waals surface area contributed by atoms with E-state index >= 15 is 0 Å². The van der Waals surface area contributed by atoms with Crippen molar-refractivity contribution in [1.29, 1.82) is 0 Å². The van der Waals surface area contributed by atoms with Gasteiger partial charge in [0.15, 0.2) is 0 Å². The molecule has 4 nitrogen and oxygen atoms in total. The van der Waals surface area contributed by atoms with Crippen LogP contribution in [0.2, 0.25) is 0 Å². The van der Waals surface area contributed by atoms with E-state index in [9.17, 15) is 0 Å². The molecule has 0 saturated carbocycles. The molecule has 0 aliphatic carbocycles. The van der Waals surface area contributed by atoms with Gasteiger partial charge < -0.3 is 15.2 Å². The van der Waals surface area contributed by atoms with Gasteiger partial charge in [0, 0.05) is 32.4 Å². The normalized spacial score (nSPS) is 10.8. The van der Waals surface area contributed by atoms with Gasteiger partial charge in [-0.1, -0.05) is 13.3 Å². The first-order chi connectivity index (χ1) is 7.72. The molecule has 0 atom stereocenters. The number of nitrogens with zero attached hydrogens (tertiary/aromatic N) is 3. The van der Waals surface area contributed by atoms with E-state index in [1.807, 2.05) is 6.92 Å². The number of nitrogens with two attached hydrogens (primary N) is 1. The second-order valence-corrected chi connectivity index (χ2v) is 4.10. The highest BCUT2D eigenvalue weighted by Gasteiger charge is 2.11.